The number of amides is 1. The number of hydrogen-bond acceptors (Lipinski definition) is 6. The van der Waals surface area contributed by atoms with Gasteiger partial charge in [-0.2, -0.15) is 0 Å². The van der Waals surface area contributed by atoms with E-state index in [2.05, 4.69) is 37.4 Å². The topological polar surface area (TPSA) is 89.0 Å². The Morgan fingerprint density at radius 1 is 1.06 bits per heavy atom. The van der Waals surface area contributed by atoms with Gasteiger partial charge in [0.15, 0.2) is 5.82 Å². The number of fused-ring (bicyclic) bond motifs is 1. The van der Waals surface area contributed by atoms with Gasteiger partial charge in [-0.25, -0.2) is 15.0 Å². The summed E-state index contributed by atoms with van der Waals surface area (Å²) in [7, 11) is 1.59. The van der Waals surface area contributed by atoms with Crippen LogP contribution < -0.4 is 10.6 Å². The van der Waals surface area contributed by atoms with E-state index in [0.29, 0.717) is 40.7 Å². The highest BCUT2D eigenvalue weighted by molar-refractivity contribution is 6.29. The SMILES string of the molecule is COCCNC(=O)c1cccc(C#Cc2ccccc2Nc2ncnc3ccc(Cl)nc23)c1. The zero-order valence-electron chi connectivity index (χ0n) is 17.8. The summed E-state index contributed by atoms with van der Waals surface area (Å²) in [5.41, 5.74) is 4.05. The number of carbonyl (C=O) groups is 1. The van der Waals surface area contributed by atoms with E-state index >= 15 is 0 Å². The summed E-state index contributed by atoms with van der Waals surface area (Å²) in [5.74, 6) is 6.67. The second-order valence-electron chi connectivity index (χ2n) is 6.97. The van der Waals surface area contributed by atoms with Crippen LogP contribution in [0.1, 0.15) is 21.5 Å². The Hall–Kier alpha value is -3.99. The molecule has 0 unspecified atom stereocenters. The molecule has 0 saturated heterocycles. The predicted octanol–water partition coefficient (Wildman–Crippen LogP) is 4.20. The fraction of sp³-hybridized carbons (Fsp3) is 0.120. The average molecular weight is 458 g/mol. The lowest BCUT2D eigenvalue weighted by Crippen LogP contribution is -2.26. The van der Waals surface area contributed by atoms with Gasteiger partial charge in [-0.15, -0.1) is 0 Å². The molecule has 0 atom stereocenters. The van der Waals surface area contributed by atoms with Gasteiger partial charge in [0.1, 0.15) is 17.0 Å². The lowest BCUT2D eigenvalue weighted by atomic mass is 10.1. The highest BCUT2D eigenvalue weighted by Crippen LogP contribution is 2.24. The molecule has 0 saturated carbocycles. The summed E-state index contributed by atoms with van der Waals surface area (Å²) < 4.78 is 4.96. The molecule has 2 N–H and O–H groups in total. The van der Waals surface area contributed by atoms with Gasteiger partial charge >= 0.3 is 0 Å². The number of ether oxygens (including phenoxy) is 1. The standard InChI is InChI=1S/C25H20ClN5O2/c1-33-14-13-27-25(32)19-7-4-5-17(15-19)9-10-18-6-2-3-8-20(18)30-24-23-21(28-16-29-24)11-12-22(26)31-23/h2-8,11-12,15-16H,13-14H2,1H3,(H,27,32)(H,28,29,30). The number of benzene rings is 2. The summed E-state index contributed by atoms with van der Waals surface area (Å²) in [6.45, 7) is 0.903. The van der Waals surface area contributed by atoms with E-state index < -0.39 is 0 Å². The van der Waals surface area contributed by atoms with E-state index in [9.17, 15) is 4.79 Å². The maximum atomic E-state index is 12.3. The molecule has 0 fully saturated rings. The molecule has 0 aliphatic rings. The summed E-state index contributed by atoms with van der Waals surface area (Å²) in [5, 5.41) is 6.45. The Balaban J connectivity index is 1.59. The van der Waals surface area contributed by atoms with Crippen molar-refractivity contribution in [3.63, 3.8) is 0 Å². The summed E-state index contributed by atoms with van der Waals surface area (Å²) in [6.07, 6.45) is 1.47. The maximum absolute atomic E-state index is 12.3. The van der Waals surface area contributed by atoms with Gasteiger partial charge < -0.3 is 15.4 Å². The molecule has 164 valence electrons. The van der Waals surface area contributed by atoms with E-state index in [1.165, 1.54) is 6.33 Å². The maximum Gasteiger partial charge on any atom is 0.251 e. The third kappa shape index (κ3) is 5.63. The van der Waals surface area contributed by atoms with E-state index in [1.807, 2.05) is 36.4 Å². The average Bonchev–Trinajstić information content (AvgIpc) is 2.84. The molecular weight excluding hydrogens is 438 g/mol. The minimum Gasteiger partial charge on any atom is -0.383 e. The molecule has 0 spiro atoms. The third-order valence-corrected chi connectivity index (χ3v) is 4.90. The molecule has 2 heterocycles. The number of carbonyl (C=O) groups excluding carboxylic acids is 1. The van der Waals surface area contributed by atoms with Crippen molar-refractivity contribution < 1.29 is 9.53 Å². The first-order valence-corrected chi connectivity index (χ1v) is 10.5. The second-order valence-corrected chi connectivity index (χ2v) is 7.36. The summed E-state index contributed by atoms with van der Waals surface area (Å²) >= 11 is 6.06. The summed E-state index contributed by atoms with van der Waals surface area (Å²) in [4.78, 5) is 25.2. The van der Waals surface area contributed by atoms with Crippen molar-refractivity contribution in [2.75, 3.05) is 25.6 Å². The van der Waals surface area contributed by atoms with Crippen molar-refractivity contribution in [2.45, 2.75) is 0 Å². The first-order valence-electron chi connectivity index (χ1n) is 10.2. The lowest BCUT2D eigenvalue weighted by Gasteiger charge is -2.09. The van der Waals surface area contributed by atoms with E-state index in [0.717, 1.165) is 16.8 Å². The lowest BCUT2D eigenvalue weighted by molar-refractivity contribution is 0.0937. The van der Waals surface area contributed by atoms with Crippen molar-refractivity contribution in [1.29, 1.82) is 0 Å². The number of halogens is 1. The number of aromatic nitrogens is 3. The van der Waals surface area contributed by atoms with Crippen LogP contribution in [0.2, 0.25) is 5.15 Å². The van der Waals surface area contributed by atoms with Crippen LogP contribution in [0.25, 0.3) is 11.0 Å². The predicted molar refractivity (Wildman–Crippen MR) is 129 cm³/mol. The van der Waals surface area contributed by atoms with Crippen molar-refractivity contribution in [3.8, 4) is 11.8 Å². The molecular formula is C25H20ClN5O2. The molecule has 0 aliphatic heterocycles. The van der Waals surface area contributed by atoms with Crippen LogP contribution in [0.5, 0.6) is 0 Å². The van der Waals surface area contributed by atoms with Crippen molar-refractivity contribution in [3.05, 3.63) is 88.8 Å². The van der Waals surface area contributed by atoms with Crippen LogP contribution in [0.15, 0.2) is 67.0 Å². The zero-order valence-corrected chi connectivity index (χ0v) is 18.6. The minimum absolute atomic E-state index is 0.167. The molecule has 0 bridgehead atoms. The van der Waals surface area contributed by atoms with Crippen LogP contribution in [0.4, 0.5) is 11.5 Å². The summed E-state index contributed by atoms with van der Waals surface area (Å²) in [6, 6.07) is 18.3. The van der Waals surface area contributed by atoms with E-state index in [4.69, 9.17) is 16.3 Å². The van der Waals surface area contributed by atoms with Crippen molar-refractivity contribution in [2.24, 2.45) is 0 Å². The van der Waals surface area contributed by atoms with Crippen LogP contribution in [0, 0.1) is 11.8 Å². The number of methoxy groups -OCH3 is 1. The van der Waals surface area contributed by atoms with E-state index in [-0.39, 0.29) is 5.91 Å². The zero-order chi connectivity index (χ0) is 23.0. The highest BCUT2D eigenvalue weighted by atomic mass is 35.5. The smallest absolute Gasteiger partial charge is 0.251 e. The number of pyridine rings is 1. The molecule has 7 nitrogen and oxygen atoms in total. The number of rotatable bonds is 6. The quantitative estimate of drug-likeness (QED) is 0.256. The molecule has 4 aromatic rings. The molecule has 4 rings (SSSR count). The van der Waals surface area contributed by atoms with Gasteiger partial charge in [0.05, 0.1) is 17.8 Å². The number of hydrogen-bond donors (Lipinski definition) is 2. The minimum atomic E-state index is -0.167. The molecule has 2 aromatic carbocycles. The van der Waals surface area contributed by atoms with Gasteiger partial charge in [0.25, 0.3) is 5.91 Å². The van der Waals surface area contributed by atoms with Crippen LogP contribution in [-0.2, 0) is 4.74 Å². The number of para-hydroxylation sites is 1. The molecule has 33 heavy (non-hydrogen) atoms. The first-order chi connectivity index (χ1) is 16.1. The van der Waals surface area contributed by atoms with Gasteiger partial charge in [-0.1, -0.05) is 41.6 Å². The molecule has 2 aromatic heterocycles. The van der Waals surface area contributed by atoms with Crippen molar-refractivity contribution in [1.82, 2.24) is 20.3 Å². The number of nitrogens with zero attached hydrogens (tertiary/aromatic N) is 3. The van der Waals surface area contributed by atoms with E-state index in [1.54, 1.807) is 31.4 Å². The van der Waals surface area contributed by atoms with Crippen LogP contribution >= 0.6 is 11.6 Å². The third-order valence-electron chi connectivity index (χ3n) is 4.69. The Morgan fingerprint density at radius 3 is 2.82 bits per heavy atom. The fourth-order valence-electron chi connectivity index (χ4n) is 3.08. The molecule has 0 aliphatic carbocycles. The fourth-order valence-corrected chi connectivity index (χ4v) is 3.23. The number of nitrogens with one attached hydrogen (secondary N) is 2. The Bertz CT molecular complexity index is 1360. The largest absolute Gasteiger partial charge is 0.383 e. The molecule has 8 heteroatoms. The molecule has 1 amide bonds. The Labute approximate surface area is 196 Å². The monoisotopic (exact) mass is 457 g/mol. The van der Waals surface area contributed by atoms with Gasteiger partial charge in [0, 0.05) is 30.3 Å². The highest BCUT2D eigenvalue weighted by Gasteiger charge is 2.09. The Morgan fingerprint density at radius 2 is 1.94 bits per heavy atom. The number of anilines is 2. The second kappa shape index (κ2) is 10.6. The van der Waals surface area contributed by atoms with Gasteiger partial charge in [0.2, 0.25) is 0 Å². The first kappa shape index (κ1) is 22.2. The van der Waals surface area contributed by atoms with Gasteiger partial charge in [-0.3, -0.25) is 4.79 Å². The normalized spacial score (nSPS) is 10.4. The van der Waals surface area contributed by atoms with Crippen LogP contribution in [-0.4, -0.2) is 41.1 Å². The van der Waals surface area contributed by atoms with Gasteiger partial charge in [-0.05, 0) is 42.5 Å². The molecule has 0 radical (unpaired) electrons. The Kier molecular flexibility index (Phi) is 7.10. The van der Waals surface area contributed by atoms with Crippen LogP contribution in [0.3, 0.4) is 0 Å². The van der Waals surface area contributed by atoms with Crippen molar-refractivity contribution >= 4 is 40.0 Å².